The molecule has 0 radical (unpaired) electrons. The second-order valence-electron chi connectivity index (χ2n) is 10.9. The first-order valence-electron chi connectivity index (χ1n) is 12.9. The van der Waals surface area contributed by atoms with Gasteiger partial charge in [-0.05, 0) is 43.1 Å². The zero-order chi connectivity index (χ0) is 26.0. The quantitative estimate of drug-likeness (QED) is 0.352. The Hall–Kier alpha value is -1.06. The molecule has 0 fully saturated rings. The molecule has 2 atom stereocenters. The van der Waals surface area contributed by atoms with Crippen molar-refractivity contribution in [2.45, 2.75) is 77.8 Å². The first-order chi connectivity index (χ1) is 17.1. The number of hydrogen-bond donors (Lipinski definition) is 0. The molecule has 0 unspecified atom stereocenters. The molecule has 4 rings (SSSR count). The monoisotopic (exact) mass is 544 g/mol. The van der Waals surface area contributed by atoms with E-state index < -0.39 is 20.4 Å². The van der Waals surface area contributed by atoms with Gasteiger partial charge in [-0.1, -0.05) is 81.4 Å². The average molecular weight is 545 g/mol. The lowest BCUT2D eigenvalue weighted by Gasteiger charge is -2.45. The van der Waals surface area contributed by atoms with Crippen molar-refractivity contribution in [2.24, 2.45) is 0 Å². The fraction of sp³-hybridized carbons (Fsp3) is 0.517. The Morgan fingerprint density at radius 1 is 0.889 bits per heavy atom. The van der Waals surface area contributed by atoms with Gasteiger partial charge in [-0.15, -0.1) is 23.5 Å². The zero-order valence-electron chi connectivity index (χ0n) is 22.6. The summed E-state index contributed by atoms with van der Waals surface area (Å²) in [4.78, 5) is 2.27. The van der Waals surface area contributed by atoms with Crippen molar-refractivity contribution < 1.29 is 18.6 Å². The highest BCUT2D eigenvalue weighted by atomic mass is 32.2. The number of thioether (sulfide) groups is 2. The second kappa shape index (κ2) is 11.4. The van der Waals surface area contributed by atoms with Gasteiger partial charge in [0.1, 0.15) is 0 Å². The highest BCUT2D eigenvalue weighted by molar-refractivity contribution is 8.10. The van der Waals surface area contributed by atoms with Crippen LogP contribution in [-0.4, -0.2) is 50.7 Å². The van der Waals surface area contributed by atoms with Gasteiger partial charge in [-0.3, -0.25) is 0 Å². The van der Waals surface area contributed by atoms with Crippen LogP contribution in [0.3, 0.4) is 0 Å². The minimum Gasteiger partial charge on any atom is -0.401 e. The summed E-state index contributed by atoms with van der Waals surface area (Å²) in [6.45, 7) is 15.4. The smallest absolute Gasteiger partial charge is 0.261 e. The predicted octanol–water partition coefficient (Wildman–Crippen LogP) is 6.16. The predicted molar refractivity (Wildman–Crippen MR) is 156 cm³/mol. The van der Waals surface area contributed by atoms with E-state index in [1.807, 2.05) is 37.4 Å². The molecule has 7 heteroatoms. The number of hydrogen-bond acceptors (Lipinski definition) is 6. The summed E-state index contributed by atoms with van der Waals surface area (Å²) in [5, 5.41) is 2.36. The molecule has 2 aliphatic heterocycles. The van der Waals surface area contributed by atoms with Crippen molar-refractivity contribution in [1.29, 1.82) is 0 Å². The lowest BCUT2D eigenvalue weighted by Crippen LogP contribution is -2.68. The molecular weight excluding hydrogens is 505 g/mol. The summed E-state index contributed by atoms with van der Waals surface area (Å²) >= 11 is 3.66. The van der Waals surface area contributed by atoms with Crippen LogP contribution in [-0.2, 0) is 18.6 Å². The Labute approximate surface area is 226 Å². The molecule has 0 bridgehead atoms. The summed E-state index contributed by atoms with van der Waals surface area (Å²) in [6.07, 6.45) is -0.421. The summed E-state index contributed by atoms with van der Waals surface area (Å²) < 4.78 is 27.0. The van der Waals surface area contributed by atoms with Crippen molar-refractivity contribution in [1.82, 2.24) is 0 Å². The Morgan fingerprint density at radius 3 is 1.94 bits per heavy atom. The summed E-state index contributed by atoms with van der Waals surface area (Å²) in [5.74, 6) is 1.07. The minimum atomic E-state index is -2.76. The largest absolute Gasteiger partial charge is 0.401 e. The van der Waals surface area contributed by atoms with Crippen LogP contribution >= 0.6 is 23.5 Å². The van der Waals surface area contributed by atoms with E-state index >= 15 is 0 Å². The zero-order valence-corrected chi connectivity index (χ0v) is 25.2. The van der Waals surface area contributed by atoms with Crippen LogP contribution in [0.15, 0.2) is 70.5 Å². The molecule has 2 heterocycles. The van der Waals surface area contributed by atoms with Crippen LogP contribution in [0.1, 0.15) is 48.5 Å². The van der Waals surface area contributed by atoms with Gasteiger partial charge >= 0.3 is 0 Å². The maximum Gasteiger partial charge on any atom is 0.261 e. The third kappa shape index (κ3) is 5.53. The summed E-state index contributed by atoms with van der Waals surface area (Å²) in [6, 6.07) is 21.5. The van der Waals surface area contributed by atoms with Crippen LogP contribution in [0.25, 0.3) is 0 Å². The lowest BCUT2D eigenvalue weighted by molar-refractivity contribution is -0.286. The summed E-state index contributed by atoms with van der Waals surface area (Å²) in [5.41, 5.74) is 0. The van der Waals surface area contributed by atoms with Crippen LogP contribution < -0.4 is 10.4 Å². The maximum atomic E-state index is 7.33. The van der Waals surface area contributed by atoms with E-state index in [9.17, 15) is 0 Å². The third-order valence-corrected chi connectivity index (χ3v) is 14.1. The lowest BCUT2D eigenvalue weighted by atomic mass is 10.2. The minimum absolute atomic E-state index is 0.0353. The number of rotatable bonds is 9. The van der Waals surface area contributed by atoms with Gasteiger partial charge < -0.3 is 18.6 Å². The highest BCUT2D eigenvalue weighted by Gasteiger charge is 2.56. The highest BCUT2D eigenvalue weighted by Crippen LogP contribution is 2.52. The van der Waals surface area contributed by atoms with Crippen LogP contribution in [0, 0.1) is 0 Å². The molecule has 0 saturated carbocycles. The van der Waals surface area contributed by atoms with E-state index in [2.05, 4.69) is 95.3 Å². The fourth-order valence-electron chi connectivity index (χ4n) is 5.08. The van der Waals surface area contributed by atoms with E-state index in [0.29, 0.717) is 6.61 Å². The van der Waals surface area contributed by atoms with Gasteiger partial charge in [0.05, 0.1) is 28.6 Å². The average Bonchev–Trinajstić information content (AvgIpc) is 3.12. The van der Waals surface area contributed by atoms with Crippen LogP contribution in [0.5, 0.6) is 0 Å². The van der Waals surface area contributed by atoms with E-state index in [4.69, 9.17) is 18.6 Å². The maximum absolute atomic E-state index is 7.33. The van der Waals surface area contributed by atoms with E-state index in [1.54, 1.807) is 0 Å². The van der Waals surface area contributed by atoms with Gasteiger partial charge in [0, 0.05) is 11.5 Å². The molecule has 0 saturated heterocycles. The molecule has 2 aromatic rings. The molecule has 0 aromatic heterocycles. The van der Waals surface area contributed by atoms with E-state index in [0.717, 1.165) is 21.3 Å². The Balaban J connectivity index is 1.81. The fourth-order valence-corrected chi connectivity index (χ4v) is 12.2. The Bertz CT molecular complexity index is 997. The van der Waals surface area contributed by atoms with Gasteiger partial charge in [-0.2, -0.15) is 0 Å². The van der Waals surface area contributed by atoms with Crippen molar-refractivity contribution in [3.63, 3.8) is 0 Å². The van der Waals surface area contributed by atoms with Crippen molar-refractivity contribution >= 4 is 42.2 Å². The van der Waals surface area contributed by atoms with Gasteiger partial charge in [0.25, 0.3) is 8.32 Å². The standard InChI is InChI=1S/C29H40O4S2Si/c1-21(2)31-27-25-26(35-19-18-34-25)29(33-27,32-22(3)4)20-30-36(28(5,6)7,23-14-10-8-11-15-23)24-16-12-9-13-17-24/h8-17,21-22,27H,18-20H2,1-7H3/t27-,29+/m0/s1. The van der Waals surface area contributed by atoms with E-state index in [-0.39, 0.29) is 17.2 Å². The molecule has 36 heavy (non-hydrogen) atoms. The van der Waals surface area contributed by atoms with Crippen LogP contribution in [0.2, 0.25) is 5.04 Å². The first kappa shape index (κ1) is 28.0. The first-order valence-corrected chi connectivity index (χ1v) is 16.7. The number of benzene rings is 2. The van der Waals surface area contributed by atoms with Gasteiger partial charge in [-0.25, -0.2) is 0 Å². The molecule has 196 valence electrons. The molecule has 0 spiro atoms. The molecule has 4 nitrogen and oxygen atoms in total. The molecule has 0 N–H and O–H groups in total. The van der Waals surface area contributed by atoms with Crippen molar-refractivity contribution in [3.8, 4) is 0 Å². The molecule has 0 aliphatic carbocycles. The Kier molecular flexibility index (Phi) is 8.82. The third-order valence-electron chi connectivity index (χ3n) is 6.39. The van der Waals surface area contributed by atoms with Crippen molar-refractivity contribution in [2.75, 3.05) is 18.1 Å². The van der Waals surface area contributed by atoms with Crippen molar-refractivity contribution in [3.05, 3.63) is 70.5 Å². The molecule has 0 amide bonds. The normalized spacial score (nSPS) is 23.0. The van der Waals surface area contributed by atoms with E-state index in [1.165, 1.54) is 10.4 Å². The van der Waals surface area contributed by atoms with Crippen LogP contribution in [0.4, 0.5) is 0 Å². The number of ether oxygens (including phenoxy) is 3. The SMILES string of the molecule is CC(C)O[C@H]1O[C@@](CO[Si](c2ccccc2)(c2ccccc2)C(C)(C)C)(OC(C)C)C2=C1SCCS2. The molecule has 2 aliphatic rings. The topological polar surface area (TPSA) is 36.9 Å². The molecular formula is C29H40O4S2Si. The second-order valence-corrected chi connectivity index (χ2v) is 17.4. The van der Waals surface area contributed by atoms with Gasteiger partial charge in [0.15, 0.2) is 6.29 Å². The Morgan fingerprint density at radius 2 is 1.44 bits per heavy atom. The van der Waals surface area contributed by atoms with Gasteiger partial charge in [0.2, 0.25) is 5.79 Å². The molecule has 2 aromatic carbocycles. The summed E-state index contributed by atoms with van der Waals surface area (Å²) in [7, 11) is -2.76.